The van der Waals surface area contributed by atoms with E-state index in [0.29, 0.717) is 15.7 Å². The van der Waals surface area contributed by atoms with Gasteiger partial charge in [0.2, 0.25) is 0 Å². The summed E-state index contributed by atoms with van der Waals surface area (Å²) >= 11 is -0.255. The Kier molecular flexibility index (Phi) is 3.32. The van der Waals surface area contributed by atoms with Gasteiger partial charge in [0.05, 0.1) is 0 Å². The molecule has 7 nitrogen and oxygen atoms in total. The van der Waals surface area contributed by atoms with Crippen molar-refractivity contribution < 1.29 is 14.5 Å². The molecule has 21 heavy (non-hydrogen) atoms. The molecule has 0 amide bonds. The molecule has 0 aliphatic rings. The number of hydrogen-bond donors (Lipinski definition) is 0. The van der Waals surface area contributed by atoms with Crippen molar-refractivity contribution in [3.8, 4) is 11.3 Å². The summed E-state index contributed by atoms with van der Waals surface area (Å²) in [4.78, 5) is 26.5. The van der Waals surface area contributed by atoms with Gasteiger partial charge in [-0.2, -0.15) is 0 Å². The standard InChI is InChI=1S/C13H9N3O4Se/c1-20-12(17)11-7-15-6-9(14-13(15)21-11)8-4-2-3-5-10(8)16(18)19/h2-7H,1H3. The van der Waals surface area contributed by atoms with Crippen LogP contribution in [0.1, 0.15) is 9.23 Å². The molecule has 0 saturated heterocycles. The number of ether oxygens (including phenoxy) is 1. The molecule has 2 aromatic heterocycles. The average Bonchev–Trinajstić information content (AvgIpc) is 3.04. The summed E-state index contributed by atoms with van der Waals surface area (Å²) in [7, 11) is 1.33. The minimum atomic E-state index is -0.430. The van der Waals surface area contributed by atoms with E-state index in [2.05, 4.69) is 9.72 Å². The Hall–Kier alpha value is -2.44. The van der Waals surface area contributed by atoms with Crippen molar-refractivity contribution in [3.05, 3.63) is 51.2 Å². The second kappa shape index (κ2) is 5.16. The Bertz CT molecular complexity index is 821. The Labute approximate surface area is 124 Å². The molecule has 106 valence electrons. The van der Waals surface area contributed by atoms with Crippen molar-refractivity contribution in [2.24, 2.45) is 0 Å². The van der Waals surface area contributed by atoms with Gasteiger partial charge in [-0.3, -0.25) is 0 Å². The molecule has 0 spiro atoms. The number of nitro benzene ring substituents is 1. The predicted octanol–water partition coefficient (Wildman–Crippen LogP) is 1.75. The van der Waals surface area contributed by atoms with Crippen LogP contribution >= 0.6 is 0 Å². The van der Waals surface area contributed by atoms with E-state index < -0.39 is 4.92 Å². The van der Waals surface area contributed by atoms with Crippen LogP contribution < -0.4 is 0 Å². The second-order valence-corrected chi connectivity index (χ2v) is 6.29. The summed E-state index contributed by atoms with van der Waals surface area (Å²) < 4.78 is 7.69. The summed E-state index contributed by atoms with van der Waals surface area (Å²) in [5.74, 6) is -0.368. The van der Waals surface area contributed by atoms with Crippen LogP contribution in [0, 0.1) is 10.1 Å². The fourth-order valence-electron chi connectivity index (χ4n) is 1.97. The molecular weight excluding hydrogens is 341 g/mol. The van der Waals surface area contributed by atoms with Gasteiger partial charge in [0.25, 0.3) is 0 Å². The number of rotatable bonds is 3. The first-order valence-corrected chi connectivity index (χ1v) is 7.62. The molecule has 1 aromatic carbocycles. The first-order chi connectivity index (χ1) is 10.1. The van der Waals surface area contributed by atoms with E-state index in [1.54, 1.807) is 35.0 Å². The zero-order valence-corrected chi connectivity index (χ0v) is 12.6. The minimum absolute atomic E-state index is 0.0129. The summed E-state index contributed by atoms with van der Waals surface area (Å²) in [6.07, 6.45) is 3.35. The van der Waals surface area contributed by atoms with Gasteiger partial charge in [0, 0.05) is 0 Å². The van der Waals surface area contributed by atoms with E-state index in [9.17, 15) is 14.9 Å². The fourth-order valence-corrected chi connectivity index (χ4v) is 3.83. The third-order valence-corrected chi connectivity index (χ3v) is 4.97. The van der Waals surface area contributed by atoms with Crippen LogP contribution in [0.25, 0.3) is 15.8 Å². The Balaban J connectivity index is 2.08. The molecular formula is C13H9N3O4Se. The number of hydrogen-bond acceptors (Lipinski definition) is 5. The normalized spacial score (nSPS) is 10.7. The fraction of sp³-hybridized carbons (Fsp3) is 0.0769. The maximum atomic E-state index is 11.5. The number of carbonyl (C=O) groups is 1. The van der Waals surface area contributed by atoms with Crippen molar-refractivity contribution in [3.63, 3.8) is 0 Å². The molecule has 0 aliphatic heterocycles. The Morgan fingerprint density at radius 3 is 2.81 bits per heavy atom. The molecule has 0 bridgehead atoms. The van der Waals surface area contributed by atoms with E-state index in [4.69, 9.17) is 0 Å². The molecule has 8 heteroatoms. The van der Waals surface area contributed by atoms with Crippen molar-refractivity contribution in [1.82, 2.24) is 9.38 Å². The average molecular weight is 350 g/mol. The summed E-state index contributed by atoms with van der Waals surface area (Å²) in [5.41, 5.74) is 1.01. The van der Waals surface area contributed by atoms with Gasteiger partial charge in [-0.05, 0) is 0 Å². The van der Waals surface area contributed by atoms with Crippen LogP contribution in [0.2, 0.25) is 0 Å². The van der Waals surface area contributed by atoms with Crippen molar-refractivity contribution in [1.29, 1.82) is 0 Å². The quantitative estimate of drug-likeness (QED) is 0.311. The zero-order valence-electron chi connectivity index (χ0n) is 10.8. The summed E-state index contributed by atoms with van der Waals surface area (Å²) in [6.45, 7) is 0. The SMILES string of the molecule is COC(=O)c1cn2cc(-c3ccccc3[N+](=O)[O-])nc2[se]1. The van der Waals surface area contributed by atoms with Crippen LogP contribution in [0.15, 0.2) is 36.7 Å². The van der Waals surface area contributed by atoms with Crippen molar-refractivity contribution in [2.45, 2.75) is 0 Å². The number of para-hydroxylation sites is 1. The topological polar surface area (TPSA) is 86.7 Å². The summed E-state index contributed by atoms with van der Waals surface area (Å²) in [5, 5.41) is 11.1. The van der Waals surface area contributed by atoms with Crippen LogP contribution in [0.4, 0.5) is 5.69 Å². The third kappa shape index (κ3) is 2.35. The van der Waals surface area contributed by atoms with E-state index in [1.807, 2.05) is 0 Å². The molecule has 0 aliphatic carbocycles. The molecule has 0 fully saturated rings. The number of carbonyl (C=O) groups excluding carboxylic acids is 1. The molecule has 0 saturated carbocycles. The van der Waals surface area contributed by atoms with Gasteiger partial charge in [-0.1, -0.05) is 0 Å². The maximum absolute atomic E-state index is 11.5. The molecule has 2 heterocycles. The first-order valence-electron chi connectivity index (χ1n) is 5.91. The third-order valence-electron chi connectivity index (χ3n) is 2.92. The van der Waals surface area contributed by atoms with Gasteiger partial charge in [0.15, 0.2) is 0 Å². The van der Waals surface area contributed by atoms with Gasteiger partial charge in [-0.25, -0.2) is 0 Å². The van der Waals surface area contributed by atoms with Crippen LogP contribution in [-0.4, -0.2) is 41.9 Å². The van der Waals surface area contributed by atoms with Crippen LogP contribution in [-0.2, 0) is 4.74 Å². The van der Waals surface area contributed by atoms with Crippen LogP contribution in [0.3, 0.4) is 0 Å². The van der Waals surface area contributed by atoms with Gasteiger partial charge >= 0.3 is 124 Å². The number of benzene rings is 1. The number of methoxy groups -OCH3 is 1. The number of esters is 1. The second-order valence-electron chi connectivity index (χ2n) is 4.18. The molecule has 0 radical (unpaired) electrons. The van der Waals surface area contributed by atoms with Gasteiger partial charge in [-0.15, -0.1) is 0 Å². The van der Waals surface area contributed by atoms with E-state index in [1.165, 1.54) is 13.2 Å². The predicted molar refractivity (Wildman–Crippen MR) is 75.6 cm³/mol. The number of nitrogens with zero attached hydrogens (tertiary/aromatic N) is 3. The van der Waals surface area contributed by atoms with Crippen LogP contribution in [0.5, 0.6) is 0 Å². The Morgan fingerprint density at radius 2 is 2.14 bits per heavy atom. The summed E-state index contributed by atoms with van der Waals surface area (Å²) in [6, 6.07) is 6.45. The number of nitro groups is 1. The number of fused-ring (bicyclic) bond motifs is 1. The van der Waals surface area contributed by atoms with Gasteiger partial charge in [0.1, 0.15) is 0 Å². The zero-order chi connectivity index (χ0) is 15.0. The van der Waals surface area contributed by atoms with E-state index >= 15 is 0 Å². The number of aromatic nitrogens is 2. The van der Waals surface area contributed by atoms with E-state index in [0.717, 1.165) is 4.52 Å². The molecule has 0 unspecified atom stereocenters. The Morgan fingerprint density at radius 1 is 1.38 bits per heavy atom. The van der Waals surface area contributed by atoms with Crippen molar-refractivity contribution in [2.75, 3.05) is 7.11 Å². The first kappa shape index (κ1) is 13.5. The molecule has 0 atom stereocenters. The molecule has 3 aromatic rings. The molecule has 3 rings (SSSR count). The van der Waals surface area contributed by atoms with E-state index in [-0.39, 0.29) is 26.2 Å². The molecule has 0 N–H and O–H groups in total. The monoisotopic (exact) mass is 351 g/mol. The van der Waals surface area contributed by atoms with Crippen molar-refractivity contribution >= 4 is 30.7 Å². The van der Waals surface area contributed by atoms with Gasteiger partial charge < -0.3 is 0 Å². The number of imidazole rings is 1.